The van der Waals surface area contributed by atoms with Crippen LogP contribution in [0, 0.1) is 5.92 Å². The van der Waals surface area contributed by atoms with Crippen LogP contribution in [-0.2, 0) is 38.4 Å². The minimum absolute atomic E-state index is 0.0411. The van der Waals surface area contributed by atoms with Gasteiger partial charge in [0.25, 0.3) is 11.8 Å². The number of aryl methyl sites for hydroxylation is 2. The molecule has 9 heteroatoms. The Morgan fingerprint density at radius 2 is 1.97 bits per heavy atom. The van der Waals surface area contributed by atoms with Crippen LogP contribution in [0.4, 0.5) is 10.7 Å². The van der Waals surface area contributed by atoms with Crippen LogP contribution < -0.4 is 16.0 Å². The number of hydrogen-bond acceptors (Lipinski definition) is 6. The van der Waals surface area contributed by atoms with Crippen LogP contribution in [0.2, 0.25) is 0 Å². The summed E-state index contributed by atoms with van der Waals surface area (Å²) < 4.78 is 5.17. The molecule has 1 aliphatic carbocycles. The molecule has 1 atom stereocenters. The van der Waals surface area contributed by atoms with Gasteiger partial charge in [0.15, 0.2) is 6.61 Å². The Labute approximate surface area is 189 Å². The lowest BCUT2D eigenvalue weighted by Gasteiger charge is -2.17. The quantitative estimate of drug-likeness (QED) is 0.622. The third-order valence-corrected chi connectivity index (χ3v) is 7.09. The van der Waals surface area contributed by atoms with Crippen molar-refractivity contribution < 1.29 is 23.9 Å². The molecule has 2 aliphatic rings. The van der Waals surface area contributed by atoms with Gasteiger partial charge in [0.1, 0.15) is 5.00 Å². The zero-order valence-electron chi connectivity index (χ0n) is 17.8. The number of esters is 1. The average Bonchev–Trinajstić information content (AvgIpc) is 3.46. The van der Waals surface area contributed by atoms with Gasteiger partial charge in [-0.2, -0.15) is 0 Å². The predicted octanol–water partition coefficient (Wildman–Crippen LogP) is 2.43. The molecule has 1 aromatic heterocycles. The summed E-state index contributed by atoms with van der Waals surface area (Å²) in [6.45, 7) is 1.78. The van der Waals surface area contributed by atoms with Crippen LogP contribution in [0.15, 0.2) is 24.3 Å². The molecule has 32 heavy (non-hydrogen) atoms. The molecule has 0 radical (unpaired) electrons. The minimum atomic E-state index is -0.632. The van der Waals surface area contributed by atoms with E-state index in [0.717, 1.165) is 47.4 Å². The fourth-order valence-electron chi connectivity index (χ4n) is 4.20. The van der Waals surface area contributed by atoms with E-state index in [0.29, 0.717) is 10.6 Å². The number of amides is 3. The number of fused-ring (bicyclic) bond motifs is 1. The van der Waals surface area contributed by atoms with Crippen molar-refractivity contribution >= 4 is 45.7 Å². The zero-order valence-corrected chi connectivity index (χ0v) is 18.6. The van der Waals surface area contributed by atoms with E-state index in [1.54, 1.807) is 4.90 Å². The Kier molecular flexibility index (Phi) is 6.27. The van der Waals surface area contributed by atoms with E-state index in [1.165, 1.54) is 11.3 Å². The molecule has 1 unspecified atom stereocenters. The van der Waals surface area contributed by atoms with Gasteiger partial charge >= 0.3 is 5.97 Å². The predicted molar refractivity (Wildman–Crippen MR) is 121 cm³/mol. The van der Waals surface area contributed by atoms with Crippen LogP contribution in [0.25, 0.3) is 0 Å². The standard InChI is InChI=1S/C23H25N3O5S/c1-2-13-6-8-15(9-7-13)26-11-14(10-19(26)28)23(30)31-12-18(27)25-22-20(21(24)29)16-4-3-5-17(16)32-22/h6-9,14H,2-5,10-12H2,1H3,(H2,24,29)(H,25,27). The lowest BCUT2D eigenvalue weighted by atomic mass is 10.1. The second-order valence-corrected chi connectivity index (χ2v) is 9.11. The smallest absolute Gasteiger partial charge is 0.311 e. The topological polar surface area (TPSA) is 119 Å². The Bertz CT molecular complexity index is 1080. The third kappa shape index (κ3) is 4.38. The summed E-state index contributed by atoms with van der Waals surface area (Å²) in [4.78, 5) is 51.6. The fraction of sp³-hybridized carbons (Fsp3) is 0.391. The molecular weight excluding hydrogens is 430 g/mol. The first kappa shape index (κ1) is 22.0. The van der Waals surface area contributed by atoms with Gasteiger partial charge in [0, 0.05) is 23.5 Å². The van der Waals surface area contributed by atoms with Crippen LogP contribution >= 0.6 is 11.3 Å². The Morgan fingerprint density at radius 3 is 2.66 bits per heavy atom. The summed E-state index contributed by atoms with van der Waals surface area (Å²) in [7, 11) is 0. The molecular formula is C23H25N3O5S. The van der Waals surface area contributed by atoms with Gasteiger partial charge < -0.3 is 20.7 Å². The molecule has 1 aromatic carbocycles. The average molecular weight is 456 g/mol. The number of thiophene rings is 1. The fourth-order valence-corrected chi connectivity index (χ4v) is 5.51. The Balaban J connectivity index is 1.32. The first-order valence-corrected chi connectivity index (χ1v) is 11.5. The van der Waals surface area contributed by atoms with Gasteiger partial charge in [-0.15, -0.1) is 11.3 Å². The van der Waals surface area contributed by atoms with Crippen LogP contribution in [0.5, 0.6) is 0 Å². The van der Waals surface area contributed by atoms with Gasteiger partial charge in [0.2, 0.25) is 5.91 Å². The largest absolute Gasteiger partial charge is 0.455 e. The van der Waals surface area contributed by atoms with E-state index in [-0.39, 0.29) is 18.9 Å². The van der Waals surface area contributed by atoms with Gasteiger partial charge in [-0.1, -0.05) is 19.1 Å². The number of nitrogens with two attached hydrogens (primary N) is 1. The molecule has 1 fully saturated rings. The number of nitrogens with one attached hydrogen (secondary N) is 1. The van der Waals surface area contributed by atoms with Crippen molar-refractivity contribution in [1.82, 2.24) is 0 Å². The lowest BCUT2D eigenvalue weighted by molar-refractivity contribution is -0.151. The summed E-state index contributed by atoms with van der Waals surface area (Å²) in [6, 6.07) is 7.65. The highest BCUT2D eigenvalue weighted by Crippen LogP contribution is 2.38. The normalized spacial score (nSPS) is 17.3. The lowest BCUT2D eigenvalue weighted by Crippen LogP contribution is -2.28. The van der Waals surface area contributed by atoms with E-state index in [1.807, 2.05) is 24.3 Å². The first-order chi connectivity index (χ1) is 15.4. The molecule has 0 saturated carbocycles. The monoisotopic (exact) mass is 455 g/mol. The summed E-state index contributed by atoms with van der Waals surface area (Å²) in [5.74, 6) is -2.50. The number of nitrogens with zero attached hydrogens (tertiary/aromatic N) is 1. The molecule has 2 heterocycles. The van der Waals surface area contributed by atoms with E-state index in [9.17, 15) is 19.2 Å². The highest BCUT2D eigenvalue weighted by Gasteiger charge is 2.36. The second kappa shape index (κ2) is 9.12. The Hall–Kier alpha value is -3.20. The second-order valence-electron chi connectivity index (χ2n) is 8.01. The molecule has 0 bridgehead atoms. The van der Waals surface area contributed by atoms with Crippen molar-refractivity contribution in [3.8, 4) is 0 Å². The molecule has 1 aliphatic heterocycles. The maximum absolute atomic E-state index is 12.5. The zero-order chi connectivity index (χ0) is 22.8. The van der Waals surface area contributed by atoms with Crippen LogP contribution in [0.3, 0.4) is 0 Å². The van der Waals surface area contributed by atoms with Gasteiger partial charge in [0.05, 0.1) is 11.5 Å². The van der Waals surface area contributed by atoms with Crippen molar-refractivity contribution in [2.45, 2.75) is 39.0 Å². The molecule has 168 valence electrons. The molecule has 2 aromatic rings. The number of carbonyl (C=O) groups is 4. The van der Waals surface area contributed by atoms with Gasteiger partial charge in [-0.25, -0.2) is 0 Å². The van der Waals surface area contributed by atoms with Gasteiger partial charge in [-0.05, 0) is 48.9 Å². The highest BCUT2D eigenvalue weighted by molar-refractivity contribution is 7.17. The molecule has 4 rings (SSSR count). The van der Waals surface area contributed by atoms with Gasteiger partial charge in [-0.3, -0.25) is 19.2 Å². The van der Waals surface area contributed by atoms with Crippen molar-refractivity contribution in [2.24, 2.45) is 11.7 Å². The summed E-state index contributed by atoms with van der Waals surface area (Å²) in [5.41, 5.74) is 8.67. The van der Waals surface area contributed by atoms with Crippen molar-refractivity contribution in [2.75, 3.05) is 23.4 Å². The first-order valence-electron chi connectivity index (χ1n) is 10.7. The van der Waals surface area contributed by atoms with E-state index in [4.69, 9.17) is 10.5 Å². The highest BCUT2D eigenvalue weighted by atomic mass is 32.1. The molecule has 0 spiro atoms. The summed E-state index contributed by atoms with van der Waals surface area (Å²) in [5, 5.41) is 3.05. The van der Waals surface area contributed by atoms with Crippen LogP contribution in [0.1, 0.15) is 46.1 Å². The number of benzene rings is 1. The maximum atomic E-state index is 12.5. The number of carbonyl (C=O) groups excluding carboxylic acids is 4. The van der Waals surface area contributed by atoms with Crippen molar-refractivity contribution in [3.63, 3.8) is 0 Å². The Morgan fingerprint density at radius 1 is 1.22 bits per heavy atom. The number of hydrogen-bond donors (Lipinski definition) is 2. The molecule has 8 nitrogen and oxygen atoms in total. The van der Waals surface area contributed by atoms with E-state index < -0.39 is 30.3 Å². The minimum Gasteiger partial charge on any atom is -0.455 e. The van der Waals surface area contributed by atoms with E-state index >= 15 is 0 Å². The molecule has 3 amide bonds. The van der Waals surface area contributed by atoms with Crippen molar-refractivity contribution in [3.05, 3.63) is 45.8 Å². The maximum Gasteiger partial charge on any atom is 0.311 e. The molecule has 3 N–H and O–H groups in total. The van der Waals surface area contributed by atoms with Crippen LogP contribution in [-0.4, -0.2) is 36.8 Å². The number of anilines is 2. The number of ether oxygens (including phenoxy) is 1. The van der Waals surface area contributed by atoms with Crippen molar-refractivity contribution in [1.29, 1.82) is 0 Å². The number of primary amides is 1. The number of rotatable bonds is 7. The van der Waals surface area contributed by atoms with E-state index in [2.05, 4.69) is 12.2 Å². The SMILES string of the molecule is CCc1ccc(N2CC(C(=O)OCC(=O)Nc3sc4c(c3C(N)=O)CCC4)CC2=O)cc1. The summed E-state index contributed by atoms with van der Waals surface area (Å²) in [6.07, 6.45) is 3.54. The third-order valence-electron chi connectivity index (χ3n) is 5.88. The molecule has 1 saturated heterocycles. The summed E-state index contributed by atoms with van der Waals surface area (Å²) >= 11 is 1.34.